The Balaban J connectivity index is 1.67. The van der Waals surface area contributed by atoms with E-state index in [1.165, 1.54) is 30.6 Å². The Morgan fingerprint density at radius 3 is 3.05 bits per heavy atom. The van der Waals surface area contributed by atoms with Gasteiger partial charge in [-0.1, -0.05) is 19.8 Å². The molecule has 2 aliphatic rings. The number of hydrogen-bond donors (Lipinski definition) is 1. The first kappa shape index (κ1) is 14.8. The quantitative estimate of drug-likeness (QED) is 0.861. The third kappa shape index (κ3) is 3.23. The fourth-order valence-corrected chi connectivity index (χ4v) is 4.62. The number of nitrogens with zero attached hydrogens (tertiary/aromatic N) is 1. The molecule has 1 fully saturated rings. The molecule has 3 atom stereocenters. The van der Waals surface area contributed by atoms with Crippen LogP contribution in [0.4, 0.5) is 5.13 Å². The van der Waals surface area contributed by atoms with Gasteiger partial charge in [-0.2, -0.15) is 0 Å². The van der Waals surface area contributed by atoms with Gasteiger partial charge in [-0.3, -0.25) is 4.79 Å². The number of carbonyl (C=O) groups excluding carboxylic acids is 1. The number of thiazole rings is 1. The number of anilines is 1. The first-order valence-electron chi connectivity index (χ1n) is 8.10. The Morgan fingerprint density at radius 1 is 1.43 bits per heavy atom. The van der Waals surface area contributed by atoms with E-state index in [-0.39, 0.29) is 11.9 Å². The first-order chi connectivity index (χ1) is 10.2. The van der Waals surface area contributed by atoms with Gasteiger partial charge in [0.2, 0.25) is 0 Å². The molecule has 2 aliphatic carbocycles. The molecule has 0 aliphatic heterocycles. The van der Waals surface area contributed by atoms with Crippen LogP contribution >= 0.6 is 11.3 Å². The maximum absolute atomic E-state index is 12.0. The number of aryl methyl sites for hydroxylation is 1. The highest BCUT2D eigenvalue weighted by Crippen LogP contribution is 2.39. The number of fused-ring (bicyclic) bond motifs is 1. The summed E-state index contributed by atoms with van der Waals surface area (Å²) < 4.78 is 5.16. The smallest absolute Gasteiger partial charge is 0.315 e. The van der Waals surface area contributed by atoms with Crippen molar-refractivity contribution in [2.75, 3.05) is 11.9 Å². The van der Waals surface area contributed by atoms with Crippen LogP contribution in [0.1, 0.15) is 62.4 Å². The minimum atomic E-state index is -0.142. The lowest BCUT2D eigenvalue weighted by molar-refractivity contribution is -0.145. The molecule has 0 bridgehead atoms. The van der Waals surface area contributed by atoms with Crippen LogP contribution in [-0.2, 0) is 16.0 Å². The molecule has 116 valence electrons. The molecule has 0 radical (unpaired) electrons. The zero-order chi connectivity index (χ0) is 14.8. The van der Waals surface area contributed by atoms with Crippen LogP contribution in [0.15, 0.2) is 0 Å². The monoisotopic (exact) mass is 308 g/mol. The van der Waals surface area contributed by atoms with Crippen LogP contribution in [0.25, 0.3) is 0 Å². The van der Waals surface area contributed by atoms with Gasteiger partial charge in [-0.25, -0.2) is 4.98 Å². The van der Waals surface area contributed by atoms with Crippen LogP contribution in [0.2, 0.25) is 0 Å². The lowest BCUT2D eigenvalue weighted by atomic mass is 9.87. The number of aromatic nitrogens is 1. The van der Waals surface area contributed by atoms with Crippen LogP contribution in [0.3, 0.4) is 0 Å². The van der Waals surface area contributed by atoms with E-state index in [0.717, 1.165) is 29.6 Å². The Kier molecular flexibility index (Phi) is 4.48. The highest BCUT2D eigenvalue weighted by atomic mass is 32.1. The normalized spacial score (nSPS) is 28.2. The maximum atomic E-state index is 12.0. The van der Waals surface area contributed by atoms with Crippen molar-refractivity contribution >= 4 is 22.4 Å². The standard InChI is InChI=1S/C16H24N2O2S/c1-3-20-15(19)12-7-8-13-14(12)18-16(21-13)17-11-6-4-5-10(2)9-11/h10-12H,3-9H2,1-2H3,(H,17,18). The molecule has 4 nitrogen and oxygen atoms in total. The molecule has 0 amide bonds. The number of carbonyl (C=O) groups is 1. The molecule has 1 heterocycles. The first-order valence-corrected chi connectivity index (χ1v) is 8.91. The van der Waals surface area contributed by atoms with Crippen molar-refractivity contribution in [3.05, 3.63) is 10.6 Å². The van der Waals surface area contributed by atoms with Gasteiger partial charge in [0, 0.05) is 10.9 Å². The molecule has 1 aromatic heterocycles. The second-order valence-corrected chi connectivity index (χ2v) is 7.37. The zero-order valence-electron chi connectivity index (χ0n) is 12.9. The van der Waals surface area contributed by atoms with Gasteiger partial charge in [0.15, 0.2) is 5.13 Å². The second-order valence-electron chi connectivity index (χ2n) is 6.28. The summed E-state index contributed by atoms with van der Waals surface area (Å²) in [5.74, 6) is 0.548. The molecule has 1 N–H and O–H groups in total. The third-order valence-electron chi connectivity index (χ3n) is 4.55. The summed E-state index contributed by atoms with van der Waals surface area (Å²) in [5, 5.41) is 4.58. The molecule has 3 unspecified atom stereocenters. The largest absolute Gasteiger partial charge is 0.465 e. The van der Waals surface area contributed by atoms with E-state index >= 15 is 0 Å². The summed E-state index contributed by atoms with van der Waals surface area (Å²) in [6, 6.07) is 0.543. The predicted octanol–water partition coefficient (Wildman–Crippen LogP) is 3.73. The van der Waals surface area contributed by atoms with Gasteiger partial charge in [-0.15, -0.1) is 11.3 Å². The topological polar surface area (TPSA) is 51.2 Å². The molecule has 21 heavy (non-hydrogen) atoms. The summed E-state index contributed by atoms with van der Waals surface area (Å²) in [6.07, 6.45) is 6.92. The SMILES string of the molecule is CCOC(=O)C1CCc2sc(NC3CCCC(C)C3)nc21. The lowest BCUT2D eigenvalue weighted by Gasteiger charge is -2.27. The van der Waals surface area contributed by atoms with Crippen LogP contribution < -0.4 is 5.32 Å². The van der Waals surface area contributed by atoms with Crippen LogP contribution in [-0.4, -0.2) is 23.6 Å². The Labute approximate surface area is 130 Å². The van der Waals surface area contributed by atoms with Crippen molar-refractivity contribution in [2.45, 2.75) is 64.3 Å². The van der Waals surface area contributed by atoms with E-state index < -0.39 is 0 Å². The van der Waals surface area contributed by atoms with Crippen molar-refractivity contribution in [3.8, 4) is 0 Å². The highest BCUT2D eigenvalue weighted by Gasteiger charge is 2.34. The molecule has 3 rings (SSSR count). The van der Waals surface area contributed by atoms with E-state index in [9.17, 15) is 4.79 Å². The fraction of sp³-hybridized carbons (Fsp3) is 0.750. The number of ether oxygens (including phenoxy) is 1. The molecular formula is C16H24N2O2S. The number of hydrogen-bond acceptors (Lipinski definition) is 5. The van der Waals surface area contributed by atoms with E-state index in [1.807, 2.05) is 6.92 Å². The molecule has 5 heteroatoms. The van der Waals surface area contributed by atoms with Gasteiger partial charge in [-0.05, 0) is 38.5 Å². The zero-order valence-corrected chi connectivity index (χ0v) is 13.7. The number of rotatable bonds is 4. The Bertz CT molecular complexity index is 514. The minimum Gasteiger partial charge on any atom is -0.465 e. The predicted molar refractivity (Wildman–Crippen MR) is 84.9 cm³/mol. The van der Waals surface area contributed by atoms with Gasteiger partial charge >= 0.3 is 5.97 Å². The van der Waals surface area contributed by atoms with Crippen molar-refractivity contribution in [2.24, 2.45) is 5.92 Å². The fourth-order valence-electron chi connectivity index (χ4n) is 3.50. The van der Waals surface area contributed by atoms with E-state index in [2.05, 4.69) is 12.2 Å². The number of nitrogens with one attached hydrogen (secondary N) is 1. The summed E-state index contributed by atoms with van der Waals surface area (Å²) in [7, 11) is 0. The van der Waals surface area contributed by atoms with Gasteiger partial charge < -0.3 is 10.1 Å². The molecule has 0 aromatic carbocycles. The molecule has 1 saturated carbocycles. The average molecular weight is 308 g/mol. The second kappa shape index (κ2) is 6.34. The van der Waals surface area contributed by atoms with Crippen LogP contribution in [0.5, 0.6) is 0 Å². The van der Waals surface area contributed by atoms with Gasteiger partial charge in [0.05, 0.1) is 12.3 Å². The lowest BCUT2D eigenvalue weighted by Crippen LogP contribution is -2.26. The number of esters is 1. The minimum absolute atomic E-state index is 0.112. The van der Waals surface area contributed by atoms with Crippen molar-refractivity contribution in [3.63, 3.8) is 0 Å². The molecular weight excluding hydrogens is 284 g/mol. The van der Waals surface area contributed by atoms with Gasteiger partial charge in [0.25, 0.3) is 0 Å². The summed E-state index contributed by atoms with van der Waals surface area (Å²) in [6.45, 7) is 4.62. The molecule has 0 saturated heterocycles. The van der Waals surface area contributed by atoms with Crippen molar-refractivity contribution in [1.82, 2.24) is 4.98 Å². The average Bonchev–Trinajstić information content (AvgIpc) is 2.98. The maximum Gasteiger partial charge on any atom is 0.315 e. The molecule has 0 spiro atoms. The van der Waals surface area contributed by atoms with Crippen molar-refractivity contribution < 1.29 is 9.53 Å². The Hall–Kier alpha value is -1.10. The van der Waals surface area contributed by atoms with Crippen LogP contribution in [0, 0.1) is 5.92 Å². The van der Waals surface area contributed by atoms with Gasteiger partial charge in [0.1, 0.15) is 5.92 Å². The third-order valence-corrected chi connectivity index (χ3v) is 5.61. The summed E-state index contributed by atoms with van der Waals surface area (Å²) >= 11 is 1.73. The summed E-state index contributed by atoms with van der Waals surface area (Å²) in [4.78, 5) is 17.9. The van der Waals surface area contributed by atoms with E-state index in [1.54, 1.807) is 11.3 Å². The Morgan fingerprint density at radius 2 is 2.29 bits per heavy atom. The highest BCUT2D eigenvalue weighted by molar-refractivity contribution is 7.15. The van der Waals surface area contributed by atoms with Crippen molar-refractivity contribution in [1.29, 1.82) is 0 Å². The van der Waals surface area contributed by atoms with E-state index in [0.29, 0.717) is 12.6 Å². The summed E-state index contributed by atoms with van der Waals surface area (Å²) in [5.41, 5.74) is 0.963. The molecule has 1 aromatic rings. The van der Waals surface area contributed by atoms with E-state index in [4.69, 9.17) is 9.72 Å².